The molecule has 2 rings (SSSR count). The summed E-state index contributed by atoms with van der Waals surface area (Å²) in [6.07, 6.45) is 4.85. The van der Waals surface area contributed by atoms with Gasteiger partial charge >= 0.3 is 0 Å². The average molecular weight is 314 g/mol. The van der Waals surface area contributed by atoms with E-state index >= 15 is 0 Å². The van der Waals surface area contributed by atoms with Gasteiger partial charge in [-0.15, -0.1) is 0 Å². The van der Waals surface area contributed by atoms with Crippen molar-refractivity contribution < 1.29 is 4.79 Å². The van der Waals surface area contributed by atoms with Gasteiger partial charge in [0.2, 0.25) is 5.91 Å². The van der Waals surface area contributed by atoms with Crippen LogP contribution in [0.15, 0.2) is 36.7 Å². The Morgan fingerprint density at radius 1 is 1.35 bits per heavy atom. The number of likely N-dealkylation sites (N-methyl/N-ethyl adjacent to an activating group) is 1. The fourth-order valence-corrected chi connectivity index (χ4v) is 2.68. The van der Waals surface area contributed by atoms with Crippen LogP contribution in [0.5, 0.6) is 0 Å². The molecule has 0 bridgehead atoms. The standard InChI is InChI=1S/C18H26N4O/c1-5-10-22-13-15(12-20-22)11-19-18(23)17(21(3)4)16-9-7-6-8-14(16)2/h6-9,12-13,17H,5,10-11H2,1-4H3,(H,19,23). The van der Waals surface area contributed by atoms with Gasteiger partial charge < -0.3 is 5.32 Å². The Balaban J connectivity index is 2.05. The lowest BCUT2D eigenvalue weighted by molar-refractivity contribution is -0.126. The number of aryl methyl sites for hydroxylation is 2. The molecule has 0 saturated heterocycles. The molecule has 1 unspecified atom stereocenters. The molecule has 1 aromatic carbocycles. The monoisotopic (exact) mass is 314 g/mol. The van der Waals surface area contributed by atoms with Crippen LogP contribution < -0.4 is 5.32 Å². The molecule has 5 nitrogen and oxygen atoms in total. The van der Waals surface area contributed by atoms with Crippen LogP contribution in [0, 0.1) is 6.92 Å². The highest BCUT2D eigenvalue weighted by Gasteiger charge is 2.23. The second-order valence-electron chi connectivity index (χ2n) is 6.05. The van der Waals surface area contributed by atoms with E-state index in [1.165, 1.54) is 0 Å². The second kappa shape index (κ2) is 7.92. The number of aromatic nitrogens is 2. The van der Waals surface area contributed by atoms with Gasteiger partial charge in [0.1, 0.15) is 6.04 Å². The Hall–Kier alpha value is -2.14. The van der Waals surface area contributed by atoms with E-state index in [2.05, 4.69) is 17.3 Å². The molecule has 0 radical (unpaired) electrons. The maximum atomic E-state index is 12.7. The van der Waals surface area contributed by atoms with Gasteiger partial charge in [-0.05, 0) is 38.6 Å². The predicted octanol–water partition coefficient (Wildman–Crippen LogP) is 2.52. The van der Waals surface area contributed by atoms with Crippen LogP contribution in [0.3, 0.4) is 0 Å². The van der Waals surface area contributed by atoms with E-state index < -0.39 is 0 Å². The number of hydrogen-bond donors (Lipinski definition) is 1. The van der Waals surface area contributed by atoms with Gasteiger partial charge in [0.05, 0.1) is 6.20 Å². The molecule has 2 aromatic rings. The first-order chi connectivity index (χ1) is 11.0. The molecule has 0 spiro atoms. The van der Waals surface area contributed by atoms with E-state index in [0.29, 0.717) is 6.54 Å². The number of carbonyl (C=O) groups excluding carboxylic acids is 1. The maximum Gasteiger partial charge on any atom is 0.242 e. The van der Waals surface area contributed by atoms with E-state index in [-0.39, 0.29) is 11.9 Å². The molecular formula is C18H26N4O. The Morgan fingerprint density at radius 2 is 2.09 bits per heavy atom. The Kier molecular flexibility index (Phi) is 5.93. The minimum Gasteiger partial charge on any atom is -0.350 e. The van der Waals surface area contributed by atoms with Crippen LogP contribution in [0.25, 0.3) is 0 Å². The molecule has 1 aromatic heterocycles. The molecule has 1 atom stereocenters. The highest BCUT2D eigenvalue weighted by molar-refractivity contribution is 5.83. The molecule has 0 aliphatic carbocycles. The summed E-state index contributed by atoms with van der Waals surface area (Å²) >= 11 is 0. The molecule has 0 fully saturated rings. The number of hydrogen-bond acceptors (Lipinski definition) is 3. The average Bonchev–Trinajstić information content (AvgIpc) is 2.95. The zero-order chi connectivity index (χ0) is 16.8. The van der Waals surface area contributed by atoms with Gasteiger partial charge in [0.15, 0.2) is 0 Å². The zero-order valence-electron chi connectivity index (χ0n) is 14.4. The maximum absolute atomic E-state index is 12.7. The van der Waals surface area contributed by atoms with Crippen LogP contribution in [0.1, 0.15) is 36.1 Å². The van der Waals surface area contributed by atoms with Crippen molar-refractivity contribution in [3.63, 3.8) is 0 Å². The van der Waals surface area contributed by atoms with Crippen LogP contribution in [0.4, 0.5) is 0 Å². The number of nitrogens with zero attached hydrogens (tertiary/aromatic N) is 3. The van der Waals surface area contributed by atoms with Crippen molar-refractivity contribution in [2.45, 2.75) is 39.4 Å². The molecule has 1 amide bonds. The van der Waals surface area contributed by atoms with Crippen LogP contribution in [-0.2, 0) is 17.9 Å². The lowest BCUT2D eigenvalue weighted by Crippen LogP contribution is -2.37. The lowest BCUT2D eigenvalue weighted by atomic mass is 10.00. The molecule has 124 valence electrons. The fraction of sp³-hybridized carbons (Fsp3) is 0.444. The van der Waals surface area contributed by atoms with Gasteiger partial charge in [0, 0.05) is 24.8 Å². The first-order valence-corrected chi connectivity index (χ1v) is 8.04. The molecule has 0 saturated carbocycles. The summed E-state index contributed by atoms with van der Waals surface area (Å²) in [7, 11) is 3.85. The third kappa shape index (κ3) is 4.42. The van der Waals surface area contributed by atoms with Gasteiger partial charge in [-0.2, -0.15) is 5.10 Å². The van der Waals surface area contributed by atoms with E-state index in [4.69, 9.17) is 0 Å². The second-order valence-corrected chi connectivity index (χ2v) is 6.05. The van der Waals surface area contributed by atoms with Crippen LogP contribution in [-0.4, -0.2) is 34.7 Å². The molecule has 1 N–H and O–H groups in total. The van der Waals surface area contributed by atoms with E-state index in [0.717, 1.165) is 29.7 Å². The van der Waals surface area contributed by atoms with Crippen molar-refractivity contribution >= 4 is 5.91 Å². The molecule has 0 aliphatic heterocycles. The van der Waals surface area contributed by atoms with E-state index in [1.807, 2.05) is 67.3 Å². The Labute approximate surface area is 138 Å². The van der Waals surface area contributed by atoms with Crippen molar-refractivity contribution in [1.29, 1.82) is 0 Å². The van der Waals surface area contributed by atoms with E-state index in [1.54, 1.807) is 0 Å². The van der Waals surface area contributed by atoms with Crippen molar-refractivity contribution in [2.24, 2.45) is 0 Å². The van der Waals surface area contributed by atoms with Gasteiger partial charge in [-0.1, -0.05) is 31.2 Å². The minimum atomic E-state index is -0.290. The molecule has 23 heavy (non-hydrogen) atoms. The largest absolute Gasteiger partial charge is 0.350 e. The minimum absolute atomic E-state index is 0.00698. The number of amides is 1. The summed E-state index contributed by atoms with van der Waals surface area (Å²) in [5.41, 5.74) is 3.18. The molecular weight excluding hydrogens is 288 g/mol. The number of benzene rings is 1. The fourth-order valence-electron chi connectivity index (χ4n) is 2.68. The normalized spacial score (nSPS) is 12.4. The number of rotatable bonds is 7. The van der Waals surface area contributed by atoms with Crippen molar-refractivity contribution in [1.82, 2.24) is 20.0 Å². The quantitative estimate of drug-likeness (QED) is 0.854. The summed E-state index contributed by atoms with van der Waals surface area (Å²) in [4.78, 5) is 14.6. The first kappa shape index (κ1) is 17.2. The highest BCUT2D eigenvalue weighted by Crippen LogP contribution is 2.22. The smallest absolute Gasteiger partial charge is 0.242 e. The third-order valence-electron chi connectivity index (χ3n) is 3.85. The third-order valence-corrected chi connectivity index (χ3v) is 3.85. The Morgan fingerprint density at radius 3 is 2.74 bits per heavy atom. The topological polar surface area (TPSA) is 50.2 Å². The summed E-state index contributed by atoms with van der Waals surface area (Å²) < 4.78 is 1.91. The van der Waals surface area contributed by atoms with E-state index in [9.17, 15) is 4.79 Å². The zero-order valence-corrected chi connectivity index (χ0v) is 14.4. The van der Waals surface area contributed by atoms with Gasteiger partial charge in [0.25, 0.3) is 0 Å². The summed E-state index contributed by atoms with van der Waals surface area (Å²) in [6.45, 7) is 5.55. The Bertz CT molecular complexity index is 648. The van der Waals surface area contributed by atoms with Gasteiger partial charge in [-0.3, -0.25) is 14.4 Å². The van der Waals surface area contributed by atoms with Crippen molar-refractivity contribution in [3.8, 4) is 0 Å². The number of nitrogens with one attached hydrogen (secondary N) is 1. The lowest BCUT2D eigenvalue weighted by Gasteiger charge is -2.25. The summed E-state index contributed by atoms with van der Waals surface area (Å²) in [6, 6.07) is 7.72. The first-order valence-electron chi connectivity index (χ1n) is 8.04. The summed E-state index contributed by atoms with van der Waals surface area (Å²) in [5, 5.41) is 7.32. The predicted molar refractivity (Wildman–Crippen MR) is 92.0 cm³/mol. The van der Waals surface area contributed by atoms with Crippen LogP contribution in [0.2, 0.25) is 0 Å². The SMILES string of the molecule is CCCn1cc(CNC(=O)C(c2ccccc2C)N(C)C)cn1. The number of carbonyl (C=O) groups is 1. The molecule has 5 heteroatoms. The molecule has 0 aliphatic rings. The highest BCUT2D eigenvalue weighted by atomic mass is 16.2. The van der Waals surface area contributed by atoms with Crippen LogP contribution >= 0.6 is 0 Å². The van der Waals surface area contributed by atoms with Crippen molar-refractivity contribution in [2.75, 3.05) is 14.1 Å². The van der Waals surface area contributed by atoms with Crippen molar-refractivity contribution in [3.05, 3.63) is 53.3 Å². The molecule has 1 heterocycles. The van der Waals surface area contributed by atoms with Gasteiger partial charge in [-0.25, -0.2) is 0 Å². The summed E-state index contributed by atoms with van der Waals surface area (Å²) in [5.74, 6) is 0.00698.